The largest absolute Gasteiger partial charge is 0.385 e. The first-order chi connectivity index (χ1) is 8.44. The lowest BCUT2D eigenvalue weighted by atomic mass is 9.89. The molecule has 0 unspecified atom stereocenters. The highest BCUT2D eigenvalue weighted by molar-refractivity contribution is 14.1. The number of carbonyl (C=O) groups is 1. The molecule has 4 heteroatoms. The Balaban J connectivity index is 2.50. The monoisotopic (exact) mass is 361 g/mol. The topological polar surface area (TPSA) is 38.3 Å². The molecule has 1 aromatic rings. The zero-order chi connectivity index (χ0) is 13.6. The van der Waals surface area contributed by atoms with E-state index in [0.717, 1.165) is 9.99 Å². The van der Waals surface area contributed by atoms with E-state index >= 15 is 0 Å². The molecule has 0 aliphatic rings. The Morgan fingerprint density at radius 1 is 1.44 bits per heavy atom. The van der Waals surface area contributed by atoms with Crippen molar-refractivity contribution in [1.82, 2.24) is 5.32 Å². The van der Waals surface area contributed by atoms with Crippen LogP contribution in [0.2, 0.25) is 0 Å². The molecule has 0 atom stereocenters. The summed E-state index contributed by atoms with van der Waals surface area (Å²) in [6, 6.07) is 7.59. The van der Waals surface area contributed by atoms with E-state index in [1.807, 2.05) is 24.3 Å². The van der Waals surface area contributed by atoms with Crippen LogP contribution < -0.4 is 5.32 Å². The van der Waals surface area contributed by atoms with E-state index in [-0.39, 0.29) is 11.3 Å². The van der Waals surface area contributed by atoms with Gasteiger partial charge >= 0.3 is 0 Å². The molecule has 0 saturated heterocycles. The molecule has 18 heavy (non-hydrogen) atoms. The Kier molecular flexibility index (Phi) is 6.08. The fourth-order valence-electron chi connectivity index (χ4n) is 1.52. The van der Waals surface area contributed by atoms with E-state index < -0.39 is 0 Å². The van der Waals surface area contributed by atoms with Gasteiger partial charge in [-0.3, -0.25) is 4.79 Å². The van der Waals surface area contributed by atoms with Crippen molar-refractivity contribution in [3.8, 4) is 0 Å². The third kappa shape index (κ3) is 5.35. The van der Waals surface area contributed by atoms with Gasteiger partial charge in [-0.15, -0.1) is 0 Å². The molecular weight excluding hydrogens is 341 g/mol. The Morgan fingerprint density at radius 3 is 2.78 bits per heavy atom. The summed E-state index contributed by atoms with van der Waals surface area (Å²) in [5.41, 5.74) is 0.762. The number of carbonyl (C=O) groups excluding carboxylic acids is 1. The van der Waals surface area contributed by atoms with Crippen LogP contribution in [-0.2, 0) is 4.74 Å². The van der Waals surface area contributed by atoms with Crippen molar-refractivity contribution < 1.29 is 9.53 Å². The molecule has 1 rings (SSSR count). The van der Waals surface area contributed by atoms with Crippen LogP contribution in [0.5, 0.6) is 0 Å². The molecule has 0 spiro atoms. The van der Waals surface area contributed by atoms with E-state index in [1.54, 1.807) is 7.11 Å². The second-order valence-electron chi connectivity index (χ2n) is 5.10. The van der Waals surface area contributed by atoms with Gasteiger partial charge in [0.15, 0.2) is 0 Å². The third-order valence-electron chi connectivity index (χ3n) is 2.80. The standard InChI is InChI=1S/C14H20INO2/c1-14(2,7-8-18-3)10-16-13(17)11-5-4-6-12(15)9-11/h4-6,9H,7-8,10H2,1-3H3,(H,16,17). The molecule has 1 aromatic carbocycles. The first-order valence-corrected chi connectivity index (χ1v) is 7.05. The van der Waals surface area contributed by atoms with Gasteiger partial charge < -0.3 is 10.1 Å². The maximum atomic E-state index is 12.0. The van der Waals surface area contributed by atoms with Gasteiger partial charge in [-0.2, -0.15) is 0 Å². The number of methoxy groups -OCH3 is 1. The van der Waals surface area contributed by atoms with Gasteiger partial charge in [-0.1, -0.05) is 19.9 Å². The second-order valence-corrected chi connectivity index (χ2v) is 6.35. The van der Waals surface area contributed by atoms with Crippen LogP contribution in [0.4, 0.5) is 0 Å². The molecule has 0 saturated carbocycles. The summed E-state index contributed by atoms with van der Waals surface area (Å²) in [4.78, 5) is 12.0. The van der Waals surface area contributed by atoms with Crippen molar-refractivity contribution in [1.29, 1.82) is 0 Å². The van der Waals surface area contributed by atoms with Crippen LogP contribution in [0.1, 0.15) is 30.6 Å². The van der Waals surface area contributed by atoms with Crippen molar-refractivity contribution in [2.75, 3.05) is 20.3 Å². The number of hydrogen-bond donors (Lipinski definition) is 1. The Morgan fingerprint density at radius 2 is 2.17 bits per heavy atom. The minimum absolute atomic E-state index is 0.0148. The summed E-state index contributed by atoms with van der Waals surface area (Å²) < 4.78 is 6.14. The summed E-state index contributed by atoms with van der Waals surface area (Å²) in [6.07, 6.45) is 0.927. The lowest BCUT2D eigenvalue weighted by molar-refractivity contribution is 0.0921. The molecule has 0 aliphatic carbocycles. The molecule has 0 radical (unpaired) electrons. The first-order valence-electron chi connectivity index (χ1n) is 5.97. The van der Waals surface area contributed by atoms with Gasteiger partial charge in [0.25, 0.3) is 5.91 Å². The number of hydrogen-bond acceptors (Lipinski definition) is 2. The highest BCUT2D eigenvalue weighted by Gasteiger charge is 2.18. The molecule has 0 aromatic heterocycles. The molecule has 3 nitrogen and oxygen atoms in total. The van der Waals surface area contributed by atoms with Gasteiger partial charge in [0.05, 0.1) is 0 Å². The summed E-state index contributed by atoms with van der Waals surface area (Å²) in [5, 5.41) is 2.98. The molecule has 100 valence electrons. The van der Waals surface area contributed by atoms with Gasteiger partial charge in [-0.05, 0) is 52.6 Å². The van der Waals surface area contributed by atoms with Crippen molar-refractivity contribution in [3.05, 3.63) is 33.4 Å². The van der Waals surface area contributed by atoms with E-state index in [9.17, 15) is 4.79 Å². The van der Waals surface area contributed by atoms with Crippen LogP contribution in [-0.4, -0.2) is 26.2 Å². The van der Waals surface area contributed by atoms with E-state index in [4.69, 9.17) is 4.74 Å². The maximum Gasteiger partial charge on any atom is 0.251 e. The fraction of sp³-hybridized carbons (Fsp3) is 0.500. The number of ether oxygens (including phenoxy) is 1. The SMILES string of the molecule is COCCC(C)(C)CNC(=O)c1cccc(I)c1. The number of rotatable bonds is 6. The minimum Gasteiger partial charge on any atom is -0.385 e. The van der Waals surface area contributed by atoms with Crippen LogP contribution in [0.3, 0.4) is 0 Å². The van der Waals surface area contributed by atoms with Crippen LogP contribution >= 0.6 is 22.6 Å². The van der Waals surface area contributed by atoms with E-state index in [2.05, 4.69) is 41.8 Å². The molecule has 0 aliphatic heterocycles. The lowest BCUT2D eigenvalue weighted by Gasteiger charge is -2.24. The van der Waals surface area contributed by atoms with Gasteiger partial charge in [0.2, 0.25) is 0 Å². The average molecular weight is 361 g/mol. The van der Waals surface area contributed by atoms with E-state index in [0.29, 0.717) is 18.7 Å². The van der Waals surface area contributed by atoms with Crippen LogP contribution in [0.25, 0.3) is 0 Å². The number of benzene rings is 1. The first kappa shape index (κ1) is 15.4. The zero-order valence-corrected chi connectivity index (χ0v) is 13.3. The van der Waals surface area contributed by atoms with E-state index in [1.165, 1.54) is 0 Å². The summed E-state index contributed by atoms with van der Waals surface area (Å²) in [6.45, 7) is 5.62. The third-order valence-corrected chi connectivity index (χ3v) is 3.47. The molecule has 0 bridgehead atoms. The Labute approximate surface area is 122 Å². The maximum absolute atomic E-state index is 12.0. The normalized spacial score (nSPS) is 11.3. The van der Waals surface area contributed by atoms with Crippen molar-refractivity contribution in [3.63, 3.8) is 0 Å². The molecule has 1 N–H and O–H groups in total. The lowest BCUT2D eigenvalue weighted by Crippen LogP contribution is -2.34. The highest BCUT2D eigenvalue weighted by atomic mass is 127. The summed E-state index contributed by atoms with van der Waals surface area (Å²) >= 11 is 2.21. The van der Waals surface area contributed by atoms with Crippen molar-refractivity contribution in [2.24, 2.45) is 5.41 Å². The number of halogens is 1. The number of amides is 1. The smallest absolute Gasteiger partial charge is 0.251 e. The fourth-order valence-corrected chi connectivity index (χ4v) is 2.06. The van der Waals surface area contributed by atoms with Gasteiger partial charge in [0, 0.05) is 29.4 Å². The number of nitrogens with one attached hydrogen (secondary N) is 1. The van der Waals surface area contributed by atoms with Crippen LogP contribution in [0, 0.1) is 8.99 Å². The molecule has 1 amide bonds. The predicted octanol–water partition coefficient (Wildman–Crippen LogP) is 3.08. The molecule has 0 heterocycles. The van der Waals surface area contributed by atoms with Crippen molar-refractivity contribution >= 4 is 28.5 Å². The second kappa shape index (κ2) is 7.09. The predicted molar refractivity (Wildman–Crippen MR) is 81.8 cm³/mol. The summed E-state index contributed by atoms with van der Waals surface area (Å²) in [5.74, 6) is -0.0148. The summed E-state index contributed by atoms with van der Waals surface area (Å²) in [7, 11) is 1.70. The zero-order valence-electron chi connectivity index (χ0n) is 11.1. The van der Waals surface area contributed by atoms with Crippen molar-refractivity contribution in [2.45, 2.75) is 20.3 Å². The Bertz CT molecular complexity index is 405. The average Bonchev–Trinajstić information content (AvgIpc) is 2.34. The van der Waals surface area contributed by atoms with Gasteiger partial charge in [0.1, 0.15) is 0 Å². The van der Waals surface area contributed by atoms with Gasteiger partial charge in [-0.25, -0.2) is 0 Å². The quantitative estimate of drug-likeness (QED) is 0.791. The molecule has 0 fully saturated rings. The Hall–Kier alpha value is -0.620. The van der Waals surface area contributed by atoms with Crippen LogP contribution in [0.15, 0.2) is 24.3 Å². The highest BCUT2D eigenvalue weighted by Crippen LogP contribution is 2.19. The minimum atomic E-state index is -0.0148. The molecular formula is C14H20INO2.